The van der Waals surface area contributed by atoms with Gasteiger partial charge in [0.2, 0.25) is 0 Å². The van der Waals surface area contributed by atoms with E-state index >= 15 is 0 Å². The predicted molar refractivity (Wildman–Crippen MR) is 170 cm³/mol. The largest absolute Gasteiger partial charge is 0.481 e. The number of piperazine rings is 1. The summed E-state index contributed by atoms with van der Waals surface area (Å²) in [5.41, 5.74) is 4.05. The number of hydrogen-bond acceptors (Lipinski definition) is 4. The van der Waals surface area contributed by atoms with E-state index in [0.717, 1.165) is 39.0 Å². The summed E-state index contributed by atoms with van der Waals surface area (Å²) in [5.74, 6) is -0.655. The zero-order valence-electron chi connectivity index (χ0n) is 25.0. The molecule has 1 aliphatic heterocycles. The molecule has 4 nitrogen and oxygen atoms in total. The van der Waals surface area contributed by atoms with Gasteiger partial charge in [0.15, 0.2) is 0 Å². The standard InChI is InChI=1S/C18H22N2S.C16H32O2/c1-14-7-8-17(15(2)13-14)21-18-6-4-3-5-16(18)20-11-9-19-10-12-20;1-2-3-4-5-6-7-8-9-10-11-12-13-14-15-16(17)18/h3-8,13,19H,9-12H2,1-2H3;2-15H2,1H3,(H,17,18). The van der Waals surface area contributed by atoms with Crippen LogP contribution >= 0.6 is 11.8 Å². The first-order chi connectivity index (χ1) is 19.0. The SMILES string of the molecule is CCCCCCCCCCCCCCCC(=O)O.Cc1ccc(Sc2ccccc2N2CCNCC2)c(C)c1. The van der Waals surface area contributed by atoms with Gasteiger partial charge in [0.25, 0.3) is 0 Å². The van der Waals surface area contributed by atoms with Crippen molar-refractivity contribution in [3.8, 4) is 0 Å². The molecule has 0 unspecified atom stereocenters. The summed E-state index contributed by atoms with van der Waals surface area (Å²) in [4.78, 5) is 15.5. The van der Waals surface area contributed by atoms with E-state index in [1.54, 1.807) is 0 Å². The monoisotopic (exact) mass is 554 g/mol. The van der Waals surface area contributed by atoms with Crippen LogP contribution in [0.3, 0.4) is 0 Å². The Kier molecular flexibility index (Phi) is 17.8. The number of carboxylic acid groups (broad SMARTS) is 1. The Morgan fingerprint density at radius 2 is 1.36 bits per heavy atom. The van der Waals surface area contributed by atoms with Gasteiger partial charge in [-0.15, -0.1) is 0 Å². The van der Waals surface area contributed by atoms with E-state index in [1.807, 2.05) is 11.8 Å². The molecule has 0 aromatic heterocycles. The van der Waals surface area contributed by atoms with E-state index in [-0.39, 0.29) is 0 Å². The molecule has 39 heavy (non-hydrogen) atoms. The van der Waals surface area contributed by atoms with Gasteiger partial charge in [-0.3, -0.25) is 4.79 Å². The zero-order chi connectivity index (χ0) is 28.1. The first-order valence-electron chi connectivity index (χ1n) is 15.5. The van der Waals surface area contributed by atoms with E-state index < -0.39 is 5.97 Å². The number of rotatable bonds is 17. The summed E-state index contributed by atoms with van der Waals surface area (Å²) < 4.78 is 0. The topological polar surface area (TPSA) is 52.6 Å². The third-order valence-corrected chi connectivity index (χ3v) is 8.61. The molecule has 3 rings (SSSR count). The minimum absolute atomic E-state index is 0.345. The molecule has 0 atom stereocenters. The summed E-state index contributed by atoms with van der Waals surface area (Å²) in [6.45, 7) is 10.9. The molecule has 0 radical (unpaired) electrons. The van der Waals surface area contributed by atoms with Crippen molar-refractivity contribution in [2.45, 2.75) is 120 Å². The first-order valence-corrected chi connectivity index (χ1v) is 16.3. The van der Waals surface area contributed by atoms with E-state index in [2.05, 4.69) is 73.5 Å². The fourth-order valence-electron chi connectivity index (χ4n) is 5.04. The lowest BCUT2D eigenvalue weighted by molar-refractivity contribution is -0.137. The van der Waals surface area contributed by atoms with Crippen LogP contribution in [0.2, 0.25) is 0 Å². The van der Waals surface area contributed by atoms with Crippen LogP contribution in [-0.4, -0.2) is 37.3 Å². The van der Waals surface area contributed by atoms with Crippen molar-refractivity contribution in [3.05, 3.63) is 53.6 Å². The van der Waals surface area contributed by atoms with Gasteiger partial charge in [0.05, 0.1) is 5.69 Å². The Hall–Kier alpha value is -1.98. The maximum atomic E-state index is 10.3. The fraction of sp³-hybridized carbons (Fsp3) is 0.618. The van der Waals surface area contributed by atoms with Crippen molar-refractivity contribution in [2.75, 3.05) is 31.1 Å². The second-order valence-corrected chi connectivity index (χ2v) is 12.0. The Morgan fingerprint density at radius 1 is 0.795 bits per heavy atom. The molecule has 0 saturated carbocycles. The summed E-state index contributed by atoms with van der Waals surface area (Å²) in [6.07, 6.45) is 17.3. The summed E-state index contributed by atoms with van der Waals surface area (Å²) in [6, 6.07) is 15.5. The van der Waals surface area contributed by atoms with Gasteiger partial charge in [-0.2, -0.15) is 0 Å². The summed E-state index contributed by atoms with van der Waals surface area (Å²) in [5, 5.41) is 11.9. The molecule has 5 heteroatoms. The van der Waals surface area contributed by atoms with Crippen LogP contribution in [0.4, 0.5) is 5.69 Å². The molecule has 0 spiro atoms. The molecule has 0 amide bonds. The highest BCUT2D eigenvalue weighted by atomic mass is 32.2. The minimum atomic E-state index is -0.655. The van der Waals surface area contributed by atoms with Crippen LogP contribution in [0.25, 0.3) is 0 Å². The molecule has 2 aromatic rings. The van der Waals surface area contributed by atoms with Gasteiger partial charge in [-0.25, -0.2) is 0 Å². The third kappa shape index (κ3) is 14.8. The van der Waals surface area contributed by atoms with Crippen LogP contribution in [0.1, 0.15) is 108 Å². The van der Waals surface area contributed by atoms with E-state index in [4.69, 9.17) is 5.11 Å². The molecule has 1 heterocycles. The third-order valence-electron chi connectivity index (χ3n) is 7.37. The van der Waals surface area contributed by atoms with Gasteiger partial charge in [0, 0.05) is 42.4 Å². The number of aliphatic carboxylic acids is 1. The van der Waals surface area contributed by atoms with Crippen molar-refractivity contribution in [1.29, 1.82) is 0 Å². The molecule has 2 aromatic carbocycles. The van der Waals surface area contributed by atoms with Crippen molar-refractivity contribution in [1.82, 2.24) is 5.32 Å². The first kappa shape index (κ1) is 33.2. The van der Waals surface area contributed by atoms with Gasteiger partial charge in [-0.1, -0.05) is 126 Å². The molecule has 1 aliphatic rings. The number of benzene rings is 2. The predicted octanol–water partition coefficient (Wildman–Crippen LogP) is 9.42. The smallest absolute Gasteiger partial charge is 0.303 e. The maximum Gasteiger partial charge on any atom is 0.303 e. The van der Waals surface area contributed by atoms with Crippen molar-refractivity contribution >= 4 is 23.4 Å². The van der Waals surface area contributed by atoms with Crippen LogP contribution < -0.4 is 10.2 Å². The number of nitrogens with zero attached hydrogens (tertiary/aromatic N) is 1. The highest BCUT2D eigenvalue weighted by molar-refractivity contribution is 7.99. The van der Waals surface area contributed by atoms with E-state index in [0.29, 0.717) is 6.42 Å². The van der Waals surface area contributed by atoms with Gasteiger partial charge < -0.3 is 15.3 Å². The number of nitrogens with one attached hydrogen (secondary N) is 1. The molecular weight excluding hydrogens is 500 g/mol. The van der Waals surface area contributed by atoms with Gasteiger partial charge >= 0.3 is 5.97 Å². The molecule has 0 bridgehead atoms. The van der Waals surface area contributed by atoms with Gasteiger partial charge in [0.1, 0.15) is 0 Å². The second kappa shape index (κ2) is 20.9. The average molecular weight is 555 g/mol. The van der Waals surface area contributed by atoms with E-state index in [9.17, 15) is 4.79 Å². The lowest BCUT2D eigenvalue weighted by atomic mass is 10.0. The van der Waals surface area contributed by atoms with Crippen LogP contribution in [0, 0.1) is 13.8 Å². The van der Waals surface area contributed by atoms with Crippen LogP contribution in [0.5, 0.6) is 0 Å². The van der Waals surface area contributed by atoms with Crippen molar-refractivity contribution in [2.24, 2.45) is 0 Å². The molecule has 1 fully saturated rings. The molecule has 2 N–H and O–H groups in total. The number of unbranched alkanes of at least 4 members (excludes halogenated alkanes) is 12. The number of carbonyl (C=O) groups is 1. The second-order valence-electron chi connectivity index (χ2n) is 11.0. The maximum absolute atomic E-state index is 10.3. The zero-order valence-corrected chi connectivity index (χ0v) is 25.8. The average Bonchev–Trinajstić information content (AvgIpc) is 2.94. The Bertz CT molecular complexity index is 927. The highest BCUT2D eigenvalue weighted by Crippen LogP contribution is 2.37. The lowest BCUT2D eigenvalue weighted by Gasteiger charge is -2.31. The number of carboxylic acids is 1. The Morgan fingerprint density at radius 3 is 1.92 bits per heavy atom. The normalized spacial score (nSPS) is 13.2. The van der Waals surface area contributed by atoms with Crippen molar-refractivity contribution < 1.29 is 9.90 Å². The minimum Gasteiger partial charge on any atom is -0.481 e. The Balaban J connectivity index is 0.000000278. The highest BCUT2D eigenvalue weighted by Gasteiger charge is 2.15. The van der Waals surface area contributed by atoms with E-state index in [1.165, 1.54) is 97.2 Å². The summed E-state index contributed by atoms with van der Waals surface area (Å²) >= 11 is 1.88. The van der Waals surface area contributed by atoms with Crippen LogP contribution in [0.15, 0.2) is 52.3 Å². The number of para-hydroxylation sites is 1. The lowest BCUT2D eigenvalue weighted by Crippen LogP contribution is -2.43. The quantitative estimate of drug-likeness (QED) is 0.191. The fourth-order valence-corrected chi connectivity index (χ4v) is 6.08. The number of anilines is 1. The Labute approximate surface area is 243 Å². The number of aryl methyl sites for hydroxylation is 2. The molecule has 218 valence electrons. The molecule has 1 saturated heterocycles. The van der Waals surface area contributed by atoms with Gasteiger partial charge in [-0.05, 0) is 44.0 Å². The van der Waals surface area contributed by atoms with Crippen molar-refractivity contribution in [3.63, 3.8) is 0 Å². The summed E-state index contributed by atoms with van der Waals surface area (Å²) in [7, 11) is 0. The molecular formula is C34H54N2O2S. The van der Waals surface area contributed by atoms with Crippen LogP contribution in [-0.2, 0) is 4.79 Å². The molecule has 0 aliphatic carbocycles. The number of hydrogen-bond donors (Lipinski definition) is 2.